The zero-order chi connectivity index (χ0) is 22.0. The van der Waals surface area contributed by atoms with E-state index in [0.717, 1.165) is 0 Å². The number of aromatic nitrogens is 4. The first kappa shape index (κ1) is 20.9. The number of amides is 1. The molecule has 1 saturated heterocycles. The number of carbonyl (C=O) groups excluding carboxylic acids is 1. The van der Waals surface area contributed by atoms with E-state index in [4.69, 9.17) is 4.74 Å². The Bertz CT molecular complexity index is 1200. The second-order valence-corrected chi connectivity index (χ2v) is 9.41. The summed E-state index contributed by atoms with van der Waals surface area (Å²) in [5.41, 5.74) is 1.63. The van der Waals surface area contributed by atoms with E-state index in [0.29, 0.717) is 22.5 Å². The Hall–Kier alpha value is -3.34. The summed E-state index contributed by atoms with van der Waals surface area (Å²) < 4.78 is 44.4. The lowest BCUT2D eigenvalue weighted by Gasteiger charge is -2.26. The average Bonchev–Trinajstić information content (AvgIpc) is 3.12. The van der Waals surface area contributed by atoms with Crippen LogP contribution in [0.5, 0.6) is 5.88 Å². The Morgan fingerprint density at radius 2 is 1.90 bits per heavy atom. The molecule has 0 unspecified atom stereocenters. The van der Waals surface area contributed by atoms with E-state index in [1.165, 1.54) is 21.8 Å². The van der Waals surface area contributed by atoms with E-state index < -0.39 is 15.7 Å². The van der Waals surface area contributed by atoms with Crippen molar-refractivity contribution in [2.75, 3.05) is 24.6 Å². The zero-order valence-electron chi connectivity index (χ0n) is 16.7. The first-order chi connectivity index (χ1) is 14.8. The molecule has 2 aromatic heterocycles. The number of hydrogen-bond donors (Lipinski definition) is 0. The first-order valence-electron chi connectivity index (χ1n) is 9.56. The van der Waals surface area contributed by atoms with Crippen molar-refractivity contribution >= 4 is 15.7 Å². The molecule has 162 valence electrons. The van der Waals surface area contributed by atoms with Crippen molar-refractivity contribution < 1.29 is 22.3 Å². The lowest BCUT2D eigenvalue weighted by Crippen LogP contribution is -2.43. The number of nitrogens with zero attached hydrogens (tertiary/aromatic N) is 5. The van der Waals surface area contributed by atoms with Crippen LogP contribution in [0.25, 0.3) is 11.3 Å². The van der Waals surface area contributed by atoms with Crippen molar-refractivity contribution in [2.24, 2.45) is 7.05 Å². The molecule has 31 heavy (non-hydrogen) atoms. The van der Waals surface area contributed by atoms with Crippen molar-refractivity contribution in [2.45, 2.75) is 6.61 Å². The lowest BCUT2D eigenvalue weighted by atomic mass is 10.1. The molecule has 1 fully saturated rings. The van der Waals surface area contributed by atoms with Crippen molar-refractivity contribution in [3.05, 3.63) is 59.7 Å². The quantitative estimate of drug-likeness (QED) is 0.585. The van der Waals surface area contributed by atoms with Gasteiger partial charge in [-0.3, -0.25) is 4.79 Å². The van der Waals surface area contributed by atoms with E-state index in [1.54, 1.807) is 37.4 Å². The Morgan fingerprint density at radius 1 is 1.16 bits per heavy atom. The van der Waals surface area contributed by atoms with Crippen LogP contribution in [0.15, 0.2) is 42.6 Å². The van der Waals surface area contributed by atoms with Crippen molar-refractivity contribution in [3.63, 3.8) is 0 Å². The topological polar surface area (TPSA) is 107 Å². The van der Waals surface area contributed by atoms with E-state index >= 15 is 0 Å². The molecule has 0 N–H and O–H groups in total. The Kier molecular flexibility index (Phi) is 5.68. The molecule has 0 aliphatic carbocycles. The highest BCUT2D eigenvalue weighted by atomic mass is 32.2. The van der Waals surface area contributed by atoms with Gasteiger partial charge in [0.1, 0.15) is 23.8 Å². The SMILES string of the molecule is Cn1nnc(-c2ccccc2F)c1COc1ccc(C(=O)N2CCS(=O)(=O)CC2)cn1. The van der Waals surface area contributed by atoms with Gasteiger partial charge < -0.3 is 9.64 Å². The summed E-state index contributed by atoms with van der Waals surface area (Å²) in [6, 6.07) is 9.41. The highest BCUT2D eigenvalue weighted by Crippen LogP contribution is 2.24. The van der Waals surface area contributed by atoms with Crippen molar-refractivity contribution in [3.8, 4) is 17.1 Å². The van der Waals surface area contributed by atoms with Gasteiger partial charge in [0, 0.05) is 38.0 Å². The normalized spacial score (nSPS) is 15.6. The maximum absolute atomic E-state index is 14.1. The molecule has 0 atom stereocenters. The van der Waals surface area contributed by atoms with E-state index in [2.05, 4.69) is 15.3 Å². The number of halogens is 1. The fourth-order valence-electron chi connectivity index (χ4n) is 3.23. The maximum atomic E-state index is 14.1. The van der Waals surface area contributed by atoms with Gasteiger partial charge in [-0.2, -0.15) is 0 Å². The van der Waals surface area contributed by atoms with Crippen LogP contribution in [0, 0.1) is 5.82 Å². The highest BCUT2D eigenvalue weighted by Gasteiger charge is 2.26. The standard InChI is InChI=1S/C20H20FN5O4S/c1-25-17(19(23-24-25)15-4-2-3-5-16(15)21)13-30-18-7-6-14(12-22-18)20(27)26-8-10-31(28,29)11-9-26/h2-7,12H,8-11,13H2,1H3. The Morgan fingerprint density at radius 3 is 2.58 bits per heavy atom. The first-order valence-corrected chi connectivity index (χ1v) is 11.4. The third kappa shape index (κ3) is 4.55. The third-order valence-corrected chi connectivity index (χ3v) is 6.65. The van der Waals surface area contributed by atoms with E-state index in [-0.39, 0.29) is 43.0 Å². The number of ether oxygens (including phenoxy) is 1. The Labute approximate surface area is 178 Å². The predicted molar refractivity (Wildman–Crippen MR) is 110 cm³/mol. The third-order valence-electron chi connectivity index (χ3n) is 5.04. The number of aryl methyl sites for hydroxylation is 1. The van der Waals surface area contributed by atoms with Crippen molar-refractivity contribution in [1.82, 2.24) is 24.9 Å². The van der Waals surface area contributed by atoms with E-state index in [9.17, 15) is 17.6 Å². The minimum Gasteiger partial charge on any atom is -0.471 e. The maximum Gasteiger partial charge on any atom is 0.255 e. The number of benzene rings is 1. The van der Waals surface area contributed by atoms with Gasteiger partial charge in [-0.1, -0.05) is 17.3 Å². The van der Waals surface area contributed by atoms with Crippen LogP contribution in [0.2, 0.25) is 0 Å². The summed E-state index contributed by atoms with van der Waals surface area (Å²) in [5, 5.41) is 7.99. The molecule has 0 spiro atoms. The second kappa shape index (κ2) is 8.42. The van der Waals surface area contributed by atoms with Crippen LogP contribution < -0.4 is 4.74 Å². The van der Waals surface area contributed by atoms with Crippen molar-refractivity contribution in [1.29, 1.82) is 0 Å². The second-order valence-electron chi connectivity index (χ2n) is 7.11. The molecule has 1 aromatic carbocycles. The number of hydrogen-bond acceptors (Lipinski definition) is 7. The molecule has 4 rings (SSSR count). The van der Waals surface area contributed by atoms with Crippen LogP contribution in [-0.2, 0) is 23.5 Å². The monoisotopic (exact) mass is 445 g/mol. The number of carbonyl (C=O) groups is 1. The van der Waals surface area contributed by atoms with Gasteiger partial charge in [0.25, 0.3) is 5.91 Å². The fourth-order valence-corrected chi connectivity index (χ4v) is 4.43. The van der Waals surface area contributed by atoms with Gasteiger partial charge in [-0.25, -0.2) is 22.5 Å². The summed E-state index contributed by atoms with van der Waals surface area (Å²) in [6.07, 6.45) is 1.39. The summed E-state index contributed by atoms with van der Waals surface area (Å²) in [7, 11) is -1.38. The lowest BCUT2D eigenvalue weighted by molar-refractivity contribution is 0.0769. The summed E-state index contributed by atoms with van der Waals surface area (Å²) in [4.78, 5) is 18.2. The minimum absolute atomic E-state index is 0.0313. The Balaban J connectivity index is 1.44. The molecule has 9 nitrogen and oxygen atoms in total. The largest absolute Gasteiger partial charge is 0.471 e. The van der Waals surface area contributed by atoms with Crippen LogP contribution in [0.4, 0.5) is 4.39 Å². The number of sulfone groups is 1. The molecule has 11 heteroatoms. The molecule has 1 aliphatic rings. The van der Waals surface area contributed by atoms with E-state index in [1.807, 2.05) is 0 Å². The molecule has 0 bridgehead atoms. The summed E-state index contributed by atoms with van der Waals surface area (Å²) in [5.74, 6) is -0.465. The van der Waals surface area contributed by atoms with Gasteiger partial charge in [0.05, 0.1) is 17.1 Å². The molecule has 3 heterocycles. The van der Waals surface area contributed by atoms with Gasteiger partial charge >= 0.3 is 0 Å². The summed E-state index contributed by atoms with van der Waals surface area (Å²) in [6.45, 7) is 0.398. The summed E-state index contributed by atoms with van der Waals surface area (Å²) >= 11 is 0. The van der Waals surface area contributed by atoms with Gasteiger partial charge in [-0.05, 0) is 18.2 Å². The molecule has 1 aliphatic heterocycles. The van der Waals surface area contributed by atoms with Gasteiger partial charge in [0.2, 0.25) is 5.88 Å². The number of pyridine rings is 1. The van der Waals surface area contributed by atoms with Crippen LogP contribution in [-0.4, -0.2) is 63.8 Å². The fraction of sp³-hybridized carbons (Fsp3) is 0.300. The smallest absolute Gasteiger partial charge is 0.255 e. The van der Waals surface area contributed by atoms with Gasteiger partial charge in [0.15, 0.2) is 9.84 Å². The highest BCUT2D eigenvalue weighted by molar-refractivity contribution is 7.91. The van der Waals surface area contributed by atoms with Gasteiger partial charge in [-0.15, -0.1) is 5.10 Å². The van der Waals surface area contributed by atoms with Crippen LogP contribution >= 0.6 is 0 Å². The van der Waals surface area contributed by atoms with Crippen LogP contribution in [0.3, 0.4) is 0 Å². The predicted octanol–water partition coefficient (Wildman–Crippen LogP) is 1.47. The zero-order valence-corrected chi connectivity index (χ0v) is 17.5. The molecule has 0 saturated carbocycles. The molecule has 0 radical (unpaired) electrons. The number of rotatable bonds is 5. The minimum atomic E-state index is -3.06. The van der Waals surface area contributed by atoms with Crippen LogP contribution in [0.1, 0.15) is 16.1 Å². The molecular formula is C20H20FN5O4S. The molecule has 3 aromatic rings. The molecular weight excluding hydrogens is 425 g/mol. The molecule has 1 amide bonds. The average molecular weight is 445 g/mol.